The van der Waals surface area contributed by atoms with Crippen molar-refractivity contribution in [2.75, 3.05) is 33.0 Å². The van der Waals surface area contributed by atoms with Gasteiger partial charge in [-0.2, -0.15) is 0 Å². The third-order valence-corrected chi connectivity index (χ3v) is 3.57. The van der Waals surface area contributed by atoms with Gasteiger partial charge in [-0.15, -0.1) is 0 Å². The van der Waals surface area contributed by atoms with Crippen LogP contribution in [0.15, 0.2) is 0 Å². The topological polar surface area (TPSA) is 64.6 Å². The zero-order valence-electron chi connectivity index (χ0n) is 15.2. The number of nitrogens with one attached hydrogen (secondary N) is 1. The number of unbranched alkanes of at least 4 members (excludes halogenated alkanes) is 4. The first-order valence-corrected chi connectivity index (χ1v) is 9.02. The van der Waals surface area contributed by atoms with Crippen molar-refractivity contribution in [3.05, 3.63) is 0 Å². The van der Waals surface area contributed by atoms with Gasteiger partial charge in [0, 0.05) is 38.7 Å². The zero-order chi connectivity index (χ0) is 17.3. The molecule has 0 fully saturated rings. The lowest BCUT2D eigenvalue weighted by Crippen LogP contribution is -2.23. The fourth-order valence-electron chi connectivity index (χ4n) is 1.89. The first-order chi connectivity index (χ1) is 11.1. The van der Waals surface area contributed by atoms with Crippen LogP contribution in [0.5, 0.6) is 0 Å². The summed E-state index contributed by atoms with van der Waals surface area (Å²) in [4.78, 5) is 22.3. The van der Waals surface area contributed by atoms with Crippen molar-refractivity contribution in [2.24, 2.45) is 5.92 Å². The van der Waals surface area contributed by atoms with Gasteiger partial charge in [0.15, 0.2) is 5.78 Å². The van der Waals surface area contributed by atoms with Gasteiger partial charge in [-0.25, -0.2) is 0 Å². The van der Waals surface area contributed by atoms with Crippen LogP contribution >= 0.6 is 0 Å². The van der Waals surface area contributed by atoms with Crippen molar-refractivity contribution in [3.63, 3.8) is 0 Å². The number of ketones is 1. The van der Waals surface area contributed by atoms with Crippen molar-refractivity contribution in [1.29, 1.82) is 0 Å². The Bertz CT molecular complexity index is 305. The molecule has 23 heavy (non-hydrogen) atoms. The molecule has 136 valence electrons. The molecule has 0 bridgehead atoms. The highest BCUT2D eigenvalue weighted by atomic mass is 16.5. The van der Waals surface area contributed by atoms with E-state index in [0.29, 0.717) is 13.0 Å². The minimum absolute atomic E-state index is 0.0614. The zero-order valence-corrected chi connectivity index (χ0v) is 15.2. The number of ether oxygens (including phenoxy) is 2. The highest BCUT2D eigenvalue weighted by Gasteiger charge is 2.06. The maximum Gasteiger partial charge on any atom is 0.219 e. The minimum Gasteiger partial charge on any atom is -0.381 e. The summed E-state index contributed by atoms with van der Waals surface area (Å²) in [7, 11) is 0. The molecule has 0 rings (SSSR count). The van der Waals surface area contributed by atoms with Crippen molar-refractivity contribution in [1.82, 2.24) is 5.32 Å². The van der Waals surface area contributed by atoms with E-state index in [1.54, 1.807) is 0 Å². The van der Waals surface area contributed by atoms with Crippen LogP contribution in [-0.2, 0) is 19.1 Å². The average Bonchev–Trinajstić information content (AvgIpc) is 2.54. The number of Topliss-reactive ketones (excluding diaryl/α,β-unsaturated/α-hetero) is 1. The highest BCUT2D eigenvalue weighted by Crippen LogP contribution is 2.00. The second-order valence-corrected chi connectivity index (χ2v) is 6.11. The Kier molecular flexibility index (Phi) is 15.3. The van der Waals surface area contributed by atoms with Crippen LogP contribution in [0.1, 0.15) is 65.7 Å². The summed E-state index contributed by atoms with van der Waals surface area (Å²) < 4.78 is 10.9. The fraction of sp³-hybridized carbons (Fsp3) is 0.889. The third kappa shape index (κ3) is 15.7. The van der Waals surface area contributed by atoms with Gasteiger partial charge in [0.25, 0.3) is 0 Å². The van der Waals surface area contributed by atoms with E-state index >= 15 is 0 Å². The Hall–Kier alpha value is -0.940. The molecule has 0 saturated heterocycles. The first kappa shape index (κ1) is 22.1. The maximum atomic E-state index is 11.3. The van der Waals surface area contributed by atoms with Crippen LogP contribution < -0.4 is 5.32 Å². The van der Waals surface area contributed by atoms with Gasteiger partial charge in [0.1, 0.15) is 6.61 Å². The normalized spacial score (nSPS) is 11.0. The van der Waals surface area contributed by atoms with Crippen LogP contribution in [0, 0.1) is 5.92 Å². The Balaban J connectivity index is 3.11. The quantitative estimate of drug-likeness (QED) is 0.442. The standard InChI is InChI=1S/C18H35NO4/c1-4-18(21)19-11-7-5-8-12-22-13-9-6-10-14-23-15-17(20)16(2)3/h16H,4-15H2,1-3H3,(H,19,21). The van der Waals surface area contributed by atoms with Crippen molar-refractivity contribution in [2.45, 2.75) is 65.7 Å². The third-order valence-electron chi connectivity index (χ3n) is 3.57. The molecule has 0 aliphatic carbocycles. The molecule has 5 heteroatoms. The number of rotatable bonds is 16. The van der Waals surface area contributed by atoms with E-state index in [-0.39, 0.29) is 24.2 Å². The van der Waals surface area contributed by atoms with Gasteiger partial charge in [-0.05, 0) is 38.5 Å². The maximum absolute atomic E-state index is 11.3. The molecule has 5 nitrogen and oxygen atoms in total. The number of amides is 1. The summed E-state index contributed by atoms with van der Waals surface area (Å²) in [5, 5.41) is 2.87. The molecule has 0 aromatic heterocycles. The van der Waals surface area contributed by atoms with Gasteiger partial charge in [0.2, 0.25) is 5.91 Å². The molecule has 0 heterocycles. The second-order valence-electron chi connectivity index (χ2n) is 6.11. The lowest BCUT2D eigenvalue weighted by Gasteiger charge is -2.07. The Morgan fingerprint density at radius 2 is 1.43 bits per heavy atom. The lowest BCUT2D eigenvalue weighted by atomic mass is 10.1. The van der Waals surface area contributed by atoms with Crippen molar-refractivity contribution < 1.29 is 19.1 Å². The smallest absolute Gasteiger partial charge is 0.219 e. The molecule has 0 aromatic carbocycles. The molecule has 0 unspecified atom stereocenters. The van der Waals surface area contributed by atoms with Crippen molar-refractivity contribution >= 4 is 11.7 Å². The molecule has 0 atom stereocenters. The average molecular weight is 329 g/mol. The van der Waals surface area contributed by atoms with E-state index in [4.69, 9.17) is 9.47 Å². The molecule has 0 aliphatic rings. The van der Waals surface area contributed by atoms with E-state index in [1.807, 2.05) is 20.8 Å². The molecule has 0 radical (unpaired) electrons. The van der Waals surface area contributed by atoms with Gasteiger partial charge < -0.3 is 14.8 Å². The monoisotopic (exact) mass is 329 g/mol. The first-order valence-electron chi connectivity index (χ1n) is 9.02. The molecule has 0 spiro atoms. The summed E-state index contributed by atoms with van der Waals surface area (Å²) in [6.45, 7) is 8.90. The van der Waals surface area contributed by atoms with Crippen molar-refractivity contribution in [3.8, 4) is 0 Å². The van der Waals surface area contributed by atoms with E-state index in [1.165, 1.54) is 0 Å². The van der Waals surface area contributed by atoms with Crippen LogP contribution in [0.2, 0.25) is 0 Å². The van der Waals surface area contributed by atoms with Crippen LogP contribution in [0.4, 0.5) is 0 Å². The highest BCUT2D eigenvalue weighted by molar-refractivity contribution is 5.81. The molecular formula is C18H35NO4. The molecule has 1 amide bonds. The second kappa shape index (κ2) is 15.9. The number of hydrogen-bond acceptors (Lipinski definition) is 4. The van der Waals surface area contributed by atoms with Crippen LogP contribution in [0.25, 0.3) is 0 Å². The number of hydrogen-bond donors (Lipinski definition) is 1. The molecule has 0 aromatic rings. The van der Waals surface area contributed by atoms with Gasteiger partial charge in [-0.1, -0.05) is 20.8 Å². The van der Waals surface area contributed by atoms with Gasteiger partial charge in [0.05, 0.1) is 0 Å². The van der Waals surface area contributed by atoms with E-state index in [9.17, 15) is 9.59 Å². The number of carbonyl (C=O) groups excluding carboxylic acids is 2. The minimum atomic E-state index is 0.0614. The molecule has 1 N–H and O–H groups in total. The predicted molar refractivity (Wildman–Crippen MR) is 92.5 cm³/mol. The molecular weight excluding hydrogens is 294 g/mol. The summed E-state index contributed by atoms with van der Waals surface area (Å²) >= 11 is 0. The molecule has 0 aliphatic heterocycles. The van der Waals surface area contributed by atoms with Gasteiger partial charge >= 0.3 is 0 Å². The lowest BCUT2D eigenvalue weighted by molar-refractivity contribution is -0.126. The Morgan fingerprint density at radius 3 is 2.00 bits per heavy atom. The Morgan fingerprint density at radius 1 is 0.870 bits per heavy atom. The summed E-state index contributed by atoms with van der Waals surface area (Å²) in [5.41, 5.74) is 0. The summed E-state index contributed by atoms with van der Waals surface area (Å²) in [6.07, 6.45) is 6.78. The summed E-state index contributed by atoms with van der Waals surface area (Å²) in [6, 6.07) is 0. The van der Waals surface area contributed by atoms with Crippen LogP contribution in [-0.4, -0.2) is 44.7 Å². The number of carbonyl (C=O) groups is 2. The Labute approximate surface area is 141 Å². The predicted octanol–water partition coefficient (Wildman–Crippen LogP) is 3.11. The van der Waals surface area contributed by atoms with Gasteiger partial charge in [-0.3, -0.25) is 9.59 Å². The van der Waals surface area contributed by atoms with E-state index < -0.39 is 0 Å². The van der Waals surface area contributed by atoms with E-state index in [2.05, 4.69) is 5.32 Å². The summed E-state index contributed by atoms with van der Waals surface area (Å²) in [5.74, 6) is 0.354. The fourth-order valence-corrected chi connectivity index (χ4v) is 1.89. The largest absolute Gasteiger partial charge is 0.381 e. The van der Waals surface area contributed by atoms with Crippen LogP contribution in [0.3, 0.4) is 0 Å². The van der Waals surface area contributed by atoms with E-state index in [0.717, 1.165) is 58.3 Å². The SMILES string of the molecule is CCC(=O)NCCCCCOCCCCCOCC(=O)C(C)C. The molecule has 0 saturated carbocycles.